The first-order valence-corrected chi connectivity index (χ1v) is 13.9. The normalized spacial score (nSPS) is 15.2. The number of fused-ring (bicyclic) bond motifs is 1. The van der Waals surface area contributed by atoms with Crippen LogP contribution < -0.4 is 0 Å². The Bertz CT molecular complexity index is 1550. The molecule has 0 saturated carbocycles. The Hall–Kier alpha value is -3.10. The van der Waals surface area contributed by atoms with E-state index in [1.54, 1.807) is 45.5 Å². The molecule has 4 aromatic heterocycles. The van der Waals surface area contributed by atoms with Gasteiger partial charge >= 0.3 is 0 Å². The number of aromatic nitrogens is 7. The Kier molecular flexibility index (Phi) is 6.43. The molecular formula is C22H26BrN9O3S. The van der Waals surface area contributed by atoms with Crippen molar-refractivity contribution in [3.8, 4) is 11.4 Å². The molecule has 0 N–H and O–H groups in total. The van der Waals surface area contributed by atoms with Gasteiger partial charge in [-0.1, -0.05) is 0 Å². The molecule has 0 radical (unpaired) electrons. The van der Waals surface area contributed by atoms with Gasteiger partial charge in [-0.3, -0.25) is 14.2 Å². The lowest BCUT2D eigenvalue weighted by atomic mass is 10.3. The highest BCUT2D eigenvalue weighted by atomic mass is 79.9. The molecule has 0 unspecified atom stereocenters. The first-order valence-electron chi connectivity index (χ1n) is 11.6. The van der Waals surface area contributed by atoms with Gasteiger partial charge in [0.05, 0.1) is 15.9 Å². The molecule has 1 saturated heterocycles. The van der Waals surface area contributed by atoms with Crippen molar-refractivity contribution in [2.45, 2.75) is 38.8 Å². The number of hydrogen-bond acceptors (Lipinski definition) is 7. The lowest BCUT2D eigenvalue weighted by Crippen LogP contribution is -2.50. The third-order valence-corrected chi connectivity index (χ3v) is 8.81. The molecule has 12 nitrogen and oxygen atoms in total. The van der Waals surface area contributed by atoms with E-state index < -0.39 is 10.0 Å². The number of halogens is 1. The van der Waals surface area contributed by atoms with Gasteiger partial charge in [-0.2, -0.15) is 19.6 Å². The van der Waals surface area contributed by atoms with E-state index in [2.05, 4.69) is 36.2 Å². The fourth-order valence-corrected chi connectivity index (χ4v) is 6.37. The first-order chi connectivity index (χ1) is 17.2. The van der Waals surface area contributed by atoms with Crippen LogP contribution in [0.3, 0.4) is 0 Å². The summed E-state index contributed by atoms with van der Waals surface area (Å²) in [5.74, 6) is -0.267. The van der Waals surface area contributed by atoms with Crippen LogP contribution in [0.25, 0.3) is 17.0 Å². The molecule has 190 valence electrons. The third kappa shape index (κ3) is 4.22. The predicted octanol–water partition coefficient (Wildman–Crippen LogP) is 2.05. The molecule has 0 aromatic carbocycles. The Balaban J connectivity index is 1.35. The van der Waals surface area contributed by atoms with E-state index in [1.807, 2.05) is 24.7 Å². The van der Waals surface area contributed by atoms with E-state index >= 15 is 0 Å². The van der Waals surface area contributed by atoms with Crippen molar-refractivity contribution in [3.05, 3.63) is 46.6 Å². The number of nitrogens with zero attached hydrogens (tertiary/aromatic N) is 9. The third-order valence-electron chi connectivity index (χ3n) is 6.23. The molecule has 1 aliphatic heterocycles. The van der Waals surface area contributed by atoms with Gasteiger partial charge in [0.1, 0.15) is 10.6 Å². The minimum absolute atomic E-state index is 0.198. The molecule has 14 heteroatoms. The zero-order chi connectivity index (χ0) is 25.6. The second-order valence-electron chi connectivity index (χ2n) is 8.44. The fraction of sp³-hybridized carbons (Fsp3) is 0.409. The Labute approximate surface area is 216 Å². The van der Waals surface area contributed by atoms with Gasteiger partial charge in [0, 0.05) is 63.9 Å². The van der Waals surface area contributed by atoms with Crippen LogP contribution in [0.4, 0.5) is 0 Å². The van der Waals surface area contributed by atoms with E-state index in [1.165, 1.54) is 4.31 Å². The number of carbonyl (C=O) groups excluding carboxylic acids is 1. The van der Waals surface area contributed by atoms with Crippen LogP contribution in [0.15, 0.2) is 40.1 Å². The maximum absolute atomic E-state index is 13.3. The van der Waals surface area contributed by atoms with Crippen LogP contribution in [0, 0.1) is 6.92 Å². The zero-order valence-electron chi connectivity index (χ0n) is 20.2. The van der Waals surface area contributed by atoms with Crippen LogP contribution in [-0.2, 0) is 23.1 Å². The largest absolute Gasteiger partial charge is 0.335 e. The van der Waals surface area contributed by atoms with Crippen LogP contribution in [0.5, 0.6) is 0 Å². The summed E-state index contributed by atoms with van der Waals surface area (Å²) in [7, 11) is -3.69. The molecule has 0 atom stereocenters. The number of piperazine rings is 1. The topological polar surface area (TPSA) is 124 Å². The lowest BCUT2D eigenvalue weighted by molar-refractivity contribution is 0.0691. The van der Waals surface area contributed by atoms with Crippen molar-refractivity contribution in [2.24, 2.45) is 0 Å². The summed E-state index contributed by atoms with van der Waals surface area (Å²) < 4.78 is 33.6. The van der Waals surface area contributed by atoms with E-state index in [9.17, 15) is 13.2 Å². The maximum atomic E-state index is 13.3. The molecule has 4 aromatic rings. The summed E-state index contributed by atoms with van der Waals surface area (Å²) in [4.78, 5) is 19.5. The van der Waals surface area contributed by atoms with Crippen molar-refractivity contribution in [2.75, 3.05) is 26.2 Å². The van der Waals surface area contributed by atoms with Crippen LogP contribution in [0.2, 0.25) is 0 Å². The molecule has 1 amide bonds. The van der Waals surface area contributed by atoms with Gasteiger partial charge in [0.2, 0.25) is 10.0 Å². The first kappa shape index (κ1) is 24.6. The molecule has 1 fully saturated rings. The Morgan fingerprint density at radius 1 is 1.03 bits per heavy atom. The quantitative estimate of drug-likeness (QED) is 0.344. The summed E-state index contributed by atoms with van der Waals surface area (Å²) in [5, 5.41) is 13.4. The average molecular weight is 576 g/mol. The summed E-state index contributed by atoms with van der Waals surface area (Å²) >= 11 is 3.55. The van der Waals surface area contributed by atoms with Gasteiger partial charge in [-0.25, -0.2) is 17.9 Å². The average Bonchev–Trinajstić information content (AvgIpc) is 3.59. The highest BCUT2D eigenvalue weighted by Crippen LogP contribution is 2.27. The van der Waals surface area contributed by atoms with E-state index in [0.717, 1.165) is 11.0 Å². The Morgan fingerprint density at radius 2 is 1.72 bits per heavy atom. The maximum Gasteiger partial charge on any atom is 0.274 e. The number of carbonyl (C=O) groups is 1. The zero-order valence-corrected chi connectivity index (χ0v) is 22.6. The van der Waals surface area contributed by atoms with Gasteiger partial charge in [-0.05, 0) is 42.8 Å². The summed E-state index contributed by atoms with van der Waals surface area (Å²) in [6, 6.07) is 3.44. The van der Waals surface area contributed by atoms with Crippen LogP contribution in [0.1, 0.15) is 30.0 Å². The number of aryl methyl sites for hydroxylation is 3. The number of hydrogen-bond donors (Lipinski definition) is 0. The highest BCUT2D eigenvalue weighted by molar-refractivity contribution is 9.10. The highest BCUT2D eigenvalue weighted by Gasteiger charge is 2.33. The molecule has 0 spiro atoms. The van der Waals surface area contributed by atoms with Crippen molar-refractivity contribution >= 4 is 37.5 Å². The molecule has 36 heavy (non-hydrogen) atoms. The number of sulfonamides is 1. The summed E-state index contributed by atoms with van der Waals surface area (Å²) in [6.07, 6.45) is 5.11. The van der Waals surface area contributed by atoms with E-state index in [0.29, 0.717) is 29.3 Å². The summed E-state index contributed by atoms with van der Waals surface area (Å²) in [6.45, 7) is 7.83. The van der Waals surface area contributed by atoms with E-state index in [4.69, 9.17) is 0 Å². The smallest absolute Gasteiger partial charge is 0.274 e. The number of rotatable bonds is 6. The molecule has 0 bridgehead atoms. The minimum Gasteiger partial charge on any atom is -0.335 e. The minimum atomic E-state index is -3.69. The molecule has 0 aliphatic carbocycles. The monoisotopic (exact) mass is 575 g/mol. The van der Waals surface area contributed by atoms with E-state index in [-0.39, 0.29) is 42.7 Å². The second kappa shape index (κ2) is 9.41. The van der Waals surface area contributed by atoms with Crippen LogP contribution >= 0.6 is 15.9 Å². The molecule has 5 rings (SSSR count). The number of amides is 1. The van der Waals surface area contributed by atoms with Crippen molar-refractivity contribution < 1.29 is 13.2 Å². The SMILES string of the molecule is CCn1cc(S(=O)(=O)N2CCN(C(=O)c3cc4nccc(-c5nn(CC)cc5Br)n4n3)CC2)c(C)n1. The van der Waals surface area contributed by atoms with Crippen molar-refractivity contribution in [3.63, 3.8) is 0 Å². The lowest BCUT2D eigenvalue weighted by Gasteiger charge is -2.33. The van der Waals surface area contributed by atoms with Gasteiger partial charge < -0.3 is 4.90 Å². The predicted molar refractivity (Wildman–Crippen MR) is 135 cm³/mol. The second-order valence-corrected chi connectivity index (χ2v) is 11.2. The van der Waals surface area contributed by atoms with Crippen molar-refractivity contribution in [1.29, 1.82) is 0 Å². The standard InChI is InChI=1S/C22H26BrN9O3S/c1-4-29-13-16(23)21(27-29)18-6-7-24-20-12-17(26-32(18)20)22(33)28-8-10-31(11-9-28)36(34,35)19-14-30(5-2)25-15(19)3/h6-7,12-14H,4-5,8-11H2,1-3H3. The molecule has 1 aliphatic rings. The van der Waals surface area contributed by atoms with Crippen LogP contribution in [-0.4, -0.2) is 83.9 Å². The van der Waals surface area contributed by atoms with Gasteiger partial charge in [-0.15, -0.1) is 0 Å². The van der Waals surface area contributed by atoms with Gasteiger partial charge in [0.15, 0.2) is 11.3 Å². The molecule has 5 heterocycles. The summed E-state index contributed by atoms with van der Waals surface area (Å²) in [5.41, 5.74) is 2.65. The van der Waals surface area contributed by atoms with Crippen molar-refractivity contribution in [1.82, 2.24) is 43.4 Å². The van der Waals surface area contributed by atoms with Gasteiger partial charge in [0.25, 0.3) is 5.91 Å². The fourth-order valence-electron chi connectivity index (χ4n) is 4.26. The molecular weight excluding hydrogens is 550 g/mol. The Morgan fingerprint density at radius 3 is 2.36 bits per heavy atom.